The standard InChI is InChI=1S/C27H27FO4/c1-2-3-7-19-17-30-27(31-18-19)22-12-10-21(11-13-22)26(29)32-25-16-23(28)14-15-24(25)20-8-5-4-6-9-20/h4-6,8-16,19,27H,2-3,7,17-18H2,1H3. The largest absolute Gasteiger partial charge is 0.422 e. The number of halogens is 1. The number of unbranched alkanes of at least 4 members (excludes halogenated alkanes) is 1. The van der Waals surface area contributed by atoms with Gasteiger partial charge in [0.2, 0.25) is 0 Å². The predicted molar refractivity (Wildman–Crippen MR) is 121 cm³/mol. The second-order valence-corrected chi connectivity index (χ2v) is 8.02. The zero-order valence-corrected chi connectivity index (χ0v) is 18.1. The quantitative estimate of drug-likeness (QED) is 0.312. The van der Waals surface area contributed by atoms with Crippen LogP contribution in [0.15, 0.2) is 72.8 Å². The lowest BCUT2D eigenvalue weighted by Crippen LogP contribution is -2.27. The van der Waals surface area contributed by atoms with Gasteiger partial charge in [0.15, 0.2) is 6.29 Å². The van der Waals surface area contributed by atoms with Crippen molar-refractivity contribution in [2.45, 2.75) is 32.5 Å². The lowest BCUT2D eigenvalue weighted by Gasteiger charge is -2.29. The van der Waals surface area contributed by atoms with Crippen molar-refractivity contribution in [3.8, 4) is 16.9 Å². The van der Waals surface area contributed by atoms with Crippen LogP contribution in [-0.4, -0.2) is 19.2 Å². The van der Waals surface area contributed by atoms with E-state index in [9.17, 15) is 9.18 Å². The van der Waals surface area contributed by atoms with Crippen LogP contribution in [0.3, 0.4) is 0 Å². The van der Waals surface area contributed by atoms with Crippen LogP contribution < -0.4 is 4.74 Å². The van der Waals surface area contributed by atoms with Gasteiger partial charge < -0.3 is 14.2 Å². The smallest absolute Gasteiger partial charge is 0.343 e. The van der Waals surface area contributed by atoms with Crippen LogP contribution in [-0.2, 0) is 9.47 Å². The monoisotopic (exact) mass is 434 g/mol. The SMILES string of the molecule is CCCCC1COC(c2ccc(C(=O)Oc3cc(F)ccc3-c3ccccc3)cc2)OC1. The lowest BCUT2D eigenvalue weighted by molar-refractivity contribution is -0.206. The van der Waals surface area contributed by atoms with Gasteiger partial charge in [0, 0.05) is 23.1 Å². The third-order valence-corrected chi connectivity index (χ3v) is 5.58. The van der Waals surface area contributed by atoms with Gasteiger partial charge in [0.05, 0.1) is 18.8 Å². The van der Waals surface area contributed by atoms with Crippen molar-refractivity contribution in [2.75, 3.05) is 13.2 Å². The summed E-state index contributed by atoms with van der Waals surface area (Å²) in [5.41, 5.74) is 2.72. The maximum atomic E-state index is 13.9. The Balaban J connectivity index is 1.43. The molecular formula is C27H27FO4. The average molecular weight is 435 g/mol. The zero-order valence-electron chi connectivity index (χ0n) is 18.1. The van der Waals surface area contributed by atoms with Gasteiger partial charge >= 0.3 is 5.97 Å². The molecular weight excluding hydrogens is 407 g/mol. The molecule has 0 aromatic heterocycles. The summed E-state index contributed by atoms with van der Waals surface area (Å²) in [6.07, 6.45) is 3.03. The normalized spacial score (nSPS) is 18.3. The molecule has 0 bridgehead atoms. The topological polar surface area (TPSA) is 44.8 Å². The molecule has 0 atom stereocenters. The first kappa shape index (κ1) is 22.2. The van der Waals surface area contributed by atoms with E-state index in [0.29, 0.717) is 30.3 Å². The molecule has 166 valence electrons. The first-order valence-corrected chi connectivity index (χ1v) is 11.0. The molecule has 32 heavy (non-hydrogen) atoms. The maximum absolute atomic E-state index is 13.9. The number of benzene rings is 3. The molecule has 1 aliphatic heterocycles. The Morgan fingerprint density at radius 2 is 1.72 bits per heavy atom. The highest BCUT2D eigenvalue weighted by Gasteiger charge is 2.23. The fourth-order valence-electron chi connectivity index (χ4n) is 3.77. The molecule has 0 radical (unpaired) electrons. The van der Waals surface area contributed by atoms with Crippen LogP contribution in [0.5, 0.6) is 5.75 Å². The molecule has 1 aliphatic rings. The van der Waals surface area contributed by atoms with Crippen LogP contribution in [0.2, 0.25) is 0 Å². The van der Waals surface area contributed by atoms with E-state index in [1.165, 1.54) is 25.0 Å². The van der Waals surface area contributed by atoms with Gasteiger partial charge in [-0.1, -0.05) is 62.2 Å². The highest BCUT2D eigenvalue weighted by Crippen LogP contribution is 2.32. The Kier molecular flexibility index (Phi) is 7.30. The predicted octanol–water partition coefficient (Wildman–Crippen LogP) is 6.56. The summed E-state index contributed by atoms with van der Waals surface area (Å²) in [7, 11) is 0. The highest BCUT2D eigenvalue weighted by atomic mass is 19.1. The summed E-state index contributed by atoms with van der Waals surface area (Å²) in [4.78, 5) is 12.7. The number of ether oxygens (including phenoxy) is 3. The molecule has 1 fully saturated rings. The Morgan fingerprint density at radius 3 is 2.41 bits per heavy atom. The lowest BCUT2D eigenvalue weighted by atomic mass is 10.0. The van der Waals surface area contributed by atoms with Crippen LogP contribution in [0.4, 0.5) is 4.39 Å². The molecule has 0 aliphatic carbocycles. The van der Waals surface area contributed by atoms with Crippen molar-refractivity contribution in [3.05, 3.63) is 89.7 Å². The zero-order chi connectivity index (χ0) is 22.3. The van der Waals surface area contributed by atoms with Gasteiger partial charge in [-0.25, -0.2) is 9.18 Å². The van der Waals surface area contributed by atoms with Crippen LogP contribution >= 0.6 is 0 Å². The minimum absolute atomic E-state index is 0.183. The maximum Gasteiger partial charge on any atom is 0.343 e. The summed E-state index contributed by atoms with van der Waals surface area (Å²) < 4.78 is 31.1. The summed E-state index contributed by atoms with van der Waals surface area (Å²) in [5.74, 6) is -0.399. The molecule has 0 spiro atoms. The highest BCUT2D eigenvalue weighted by molar-refractivity contribution is 5.92. The first-order valence-electron chi connectivity index (χ1n) is 11.0. The van der Waals surface area contributed by atoms with Gasteiger partial charge in [-0.15, -0.1) is 0 Å². The molecule has 1 heterocycles. The van der Waals surface area contributed by atoms with Crippen molar-refractivity contribution >= 4 is 5.97 Å². The number of carbonyl (C=O) groups excluding carboxylic acids is 1. The third-order valence-electron chi connectivity index (χ3n) is 5.58. The fourth-order valence-corrected chi connectivity index (χ4v) is 3.77. The van der Waals surface area contributed by atoms with Gasteiger partial charge in [-0.05, 0) is 36.2 Å². The first-order chi connectivity index (χ1) is 15.6. The Morgan fingerprint density at radius 1 is 1.00 bits per heavy atom. The second-order valence-electron chi connectivity index (χ2n) is 8.02. The summed E-state index contributed by atoms with van der Waals surface area (Å²) in [6, 6.07) is 20.6. The Labute approximate surface area is 187 Å². The number of esters is 1. The minimum atomic E-state index is -0.551. The van der Waals surface area contributed by atoms with E-state index in [4.69, 9.17) is 14.2 Å². The van der Waals surface area contributed by atoms with E-state index in [1.807, 2.05) is 30.3 Å². The Hall–Kier alpha value is -3.02. The molecule has 0 unspecified atom stereocenters. The number of hydrogen-bond acceptors (Lipinski definition) is 4. The third kappa shape index (κ3) is 5.42. The van der Waals surface area contributed by atoms with E-state index < -0.39 is 18.1 Å². The molecule has 1 saturated heterocycles. The minimum Gasteiger partial charge on any atom is -0.422 e. The fraction of sp³-hybridized carbons (Fsp3) is 0.296. The van der Waals surface area contributed by atoms with Gasteiger partial charge in [-0.3, -0.25) is 0 Å². The molecule has 3 aromatic carbocycles. The van der Waals surface area contributed by atoms with Crippen molar-refractivity contribution < 1.29 is 23.4 Å². The van der Waals surface area contributed by atoms with E-state index >= 15 is 0 Å². The second kappa shape index (κ2) is 10.5. The van der Waals surface area contributed by atoms with E-state index in [1.54, 1.807) is 30.3 Å². The van der Waals surface area contributed by atoms with Crippen LogP contribution in [0.1, 0.15) is 48.4 Å². The van der Waals surface area contributed by atoms with Gasteiger partial charge in [-0.2, -0.15) is 0 Å². The molecule has 0 amide bonds. The molecule has 4 rings (SSSR count). The molecule has 4 nitrogen and oxygen atoms in total. The molecule has 0 N–H and O–H groups in total. The van der Waals surface area contributed by atoms with Crippen LogP contribution in [0.25, 0.3) is 11.1 Å². The molecule has 5 heteroatoms. The van der Waals surface area contributed by atoms with Crippen molar-refractivity contribution in [2.24, 2.45) is 5.92 Å². The van der Waals surface area contributed by atoms with Gasteiger partial charge in [0.25, 0.3) is 0 Å². The molecule has 0 saturated carbocycles. The Bertz CT molecular complexity index is 1030. The molecule has 3 aromatic rings. The van der Waals surface area contributed by atoms with Crippen molar-refractivity contribution in [1.29, 1.82) is 0 Å². The average Bonchev–Trinajstić information content (AvgIpc) is 2.84. The number of hydrogen-bond donors (Lipinski definition) is 0. The van der Waals surface area contributed by atoms with Gasteiger partial charge in [0.1, 0.15) is 11.6 Å². The summed E-state index contributed by atoms with van der Waals surface area (Å²) in [5, 5.41) is 0. The number of carbonyl (C=O) groups is 1. The number of rotatable bonds is 7. The van der Waals surface area contributed by atoms with Crippen LogP contribution in [0, 0.1) is 11.7 Å². The summed E-state index contributed by atoms with van der Waals surface area (Å²) >= 11 is 0. The van der Waals surface area contributed by atoms with E-state index in [0.717, 1.165) is 17.5 Å². The van der Waals surface area contributed by atoms with E-state index in [-0.39, 0.29) is 5.75 Å². The van der Waals surface area contributed by atoms with Crippen molar-refractivity contribution in [1.82, 2.24) is 0 Å². The summed E-state index contributed by atoms with van der Waals surface area (Å²) in [6.45, 7) is 3.53. The van der Waals surface area contributed by atoms with E-state index in [2.05, 4.69) is 6.92 Å². The van der Waals surface area contributed by atoms with Crippen molar-refractivity contribution in [3.63, 3.8) is 0 Å².